The van der Waals surface area contributed by atoms with E-state index in [-0.39, 0.29) is 5.71 Å². The van der Waals surface area contributed by atoms with Crippen LogP contribution >= 0.6 is 0 Å². The number of benzene rings is 2. The molecule has 4 heteroatoms. The summed E-state index contributed by atoms with van der Waals surface area (Å²) in [6, 6.07) is 16.8. The summed E-state index contributed by atoms with van der Waals surface area (Å²) in [5.74, 6) is 0.754. The van der Waals surface area contributed by atoms with Crippen molar-refractivity contribution in [3.63, 3.8) is 0 Å². The third-order valence-corrected chi connectivity index (χ3v) is 2.89. The van der Waals surface area contributed by atoms with E-state index in [1.54, 1.807) is 12.1 Å². The van der Waals surface area contributed by atoms with Gasteiger partial charge in [0.1, 0.15) is 18.4 Å². The fraction of sp³-hybridized carbons (Fsp3) is 0.125. The summed E-state index contributed by atoms with van der Waals surface area (Å²) in [6.45, 7) is 2.32. The van der Waals surface area contributed by atoms with Crippen molar-refractivity contribution in [1.29, 1.82) is 5.26 Å². The molecule has 0 aliphatic rings. The molecule has 2 aromatic rings. The summed E-state index contributed by atoms with van der Waals surface area (Å²) in [5, 5.41) is 20.8. The van der Waals surface area contributed by atoms with E-state index in [4.69, 9.17) is 15.2 Å². The van der Waals surface area contributed by atoms with Crippen molar-refractivity contribution in [2.75, 3.05) is 0 Å². The van der Waals surface area contributed by atoms with Crippen LogP contribution in [-0.4, -0.2) is 10.9 Å². The highest BCUT2D eigenvalue weighted by molar-refractivity contribution is 6.12. The second-order valence-corrected chi connectivity index (χ2v) is 4.32. The maximum Gasteiger partial charge on any atom is 0.187 e. The summed E-state index contributed by atoms with van der Waals surface area (Å²) in [7, 11) is 0. The van der Waals surface area contributed by atoms with Crippen LogP contribution in [0.25, 0.3) is 0 Å². The standard InChI is InChI=1S/C16H14N2O2/c1-12-6-8-14(9-7-12)20-11-13-4-2-3-5-15(13)16(10-17)18-19/h2-9,19H,11H2,1H3. The van der Waals surface area contributed by atoms with Crippen LogP contribution in [0.3, 0.4) is 0 Å². The smallest absolute Gasteiger partial charge is 0.187 e. The normalized spacial score (nSPS) is 10.9. The van der Waals surface area contributed by atoms with E-state index in [0.29, 0.717) is 12.2 Å². The molecule has 2 aromatic carbocycles. The Morgan fingerprint density at radius 2 is 1.90 bits per heavy atom. The largest absolute Gasteiger partial charge is 0.489 e. The topological polar surface area (TPSA) is 65.6 Å². The van der Waals surface area contributed by atoms with Crippen molar-refractivity contribution in [2.45, 2.75) is 13.5 Å². The van der Waals surface area contributed by atoms with Crippen molar-refractivity contribution < 1.29 is 9.94 Å². The molecule has 0 saturated heterocycles. The minimum atomic E-state index is -0.0203. The molecular weight excluding hydrogens is 252 g/mol. The molecule has 0 fully saturated rings. The lowest BCUT2D eigenvalue weighted by molar-refractivity contribution is 0.305. The molecule has 0 atom stereocenters. The Balaban J connectivity index is 2.18. The first-order valence-electron chi connectivity index (χ1n) is 6.14. The van der Waals surface area contributed by atoms with E-state index >= 15 is 0 Å². The van der Waals surface area contributed by atoms with Gasteiger partial charge in [-0.3, -0.25) is 0 Å². The van der Waals surface area contributed by atoms with Crippen LogP contribution < -0.4 is 4.74 Å². The van der Waals surface area contributed by atoms with Gasteiger partial charge in [-0.05, 0) is 24.6 Å². The van der Waals surface area contributed by atoms with E-state index < -0.39 is 0 Å². The van der Waals surface area contributed by atoms with Crippen LogP contribution in [0.5, 0.6) is 5.75 Å². The van der Waals surface area contributed by atoms with Gasteiger partial charge in [-0.2, -0.15) is 5.26 Å². The summed E-state index contributed by atoms with van der Waals surface area (Å²) in [6.07, 6.45) is 0. The Bertz CT molecular complexity index is 655. The van der Waals surface area contributed by atoms with Crippen LogP contribution in [-0.2, 0) is 6.61 Å². The first-order valence-corrected chi connectivity index (χ1v) is 6.14. The lowest BCUT2D eigenvalue weighted by Gasteiger charge is -2.09. The van der Waals surface area contributed by atoms with Crippen molar-refractivity contribution in [1.82, 2.24) is 0 Å². The Hall–Kier alpha value is -2.80. The number of nitrogens with zero attached hydrogens (tertiary/aromatic N) is 2. The molecule has 0 spiro atoms. The van der Waals surface area contributed by atoms with Gasteiger partial charge >= 0.3 is 0 Å². The van der Waals surface area contributed by atoms with Gasteiger partial charge in [0.25, 0.3) is 0 Å². The molecule has 0 aromatic heterocycles. The second-order valence-electron chi connectivity index (χ2n) is 4.32. The van der Waals surface area contributed by atoms with Crippen molar-refractivity contribution >= 4 is 5.71 Å². The van der Waals surface area contributed by atoms with Gasteiger partial charge in [-0.15, -0.1) is 0 Å². The van der Waals surface area contributed by atoms with Crippen LogP contribution in [0.1, 0.15) is 16.7 Å². The van der Waals surface area contributed by atoms with Crippen LogP contribution in [0.4, 0.5) is 0 Å². The predicted octanol–water partition coefficient (Wildman–Crippen LogP) is 3.28. The summed E-state index contributed by atoms with van der Waals surface area (Å²) < 4.78 is 5.68. The van der Waals surface area contributed by atoms with Gasteiger partial charge in [0.2, 0.25) is 0 Å². The summed E-state index contributed by atoms with van der Waals surface area (Å²) >= 11 is 0. The van der Waals surface area contributed by atoms with E-state index in [1.165, 1.54) is 0 Å². The van der Waals surface area contributed by atoms with E-state index in [1.807, 2.05) is 49.4 Å². The zero-order valence-electron chi connectivity index (χ0n) is 11.1. The third-order valence-electron chi connectivity index (χ3n) is 2.89. The molecule has 0 aliphatic heterocycles. The molecule has 0 aliphatic carbocycles. The lowest BCUT2D eigenvalue weighted by atomic mass is 10.0. The minimum absolute atomic E-state index is 0.0203. The number of nitriles is 1. The monoisotopic (exact) mass is 266 g/mol. The third kappa shape index (κ3) is 3.15. The second kappa shape index (κ2) is 6.39. The van der Waals surface area contributed by atoms with Gasteiger partial charge in [-0.25, -0.2) is 0 Å². The zero-order valence-corrected chi connectivity index (χ0v) is 11.1. The lowest BCUT2D eigenvalue weighted by Crippen LogP contribution is -2.05. The fourth-order valence-corrected chi connectivity index (χ4v) is 1.81. The highest BCUT2D eigenvalue weighted by atomic mass is 16.5. The summed E-state index contributed by atoms with van der Waals surface area (Å²) in [5.41, 5.74) is 2.51. The Morgan fingerprint density at radius 3 is 2.55 bits per heavy atom. The fourth-order valence-electron chi connectivity index (χ4n) is 1.81. The Labute approximate surface area is 117 Å². The van der Waals surface area contributed by atoms with Crippen LogP contribution in [0.15, 0.2) is 53.7 Å². The number of hydrogen-bond acceptors (Lipinski definition) is 4. The maximum atomic E-state index is 8.94. The average Bonchev–Trinajstić information content (AvgIpc) is 2.49. The maximum absolute atomic E-state index is 8.94. The van der Waals surface area contributed by atoms with Crippen molar-refractivity contribution in [2.24, 2.45) is 5.16 Å². The van der Waals surface area contributed by atoms with E-state index in [0.717, 1.165) is 16.9 Å². The highest BCUT2D eigenvalue weighted by Crippen LogP contribution is 2.16. The molecule has 2 rings (SSSR count). The van der Waals surface area contributed by atoms with E-state index in [9.17, 15) is 0 Å². The molecule has 100 valence electrons. The van der Waals surface area contributed by atoms with Crippen LogP contribution in [0, 0.1) is 18.3 Å². The highest BCUT2D eigenvalue weighted by Gasteiger charge is 2.09. The number of aryl methyl sites for hydroxylation is 1. The molecule has 1 N–H and O–H groups in total. The van der Waals surface area contributed by atoms with Gasteiger partial charge in [0, 0.05) is 5.56 Å². The molecule has 0 radical (unpaired) electrons. The molecule has 0 heterocycles. The first-order chi connectivity index (χ1) is 9.74. The van der Waals surface area contributed by atoms with Crippen molar-refractivity contribution in [3.05, 3.63) is 65.2 Å². The molecule has 0 amide bonds. The first kappa shape index (κ1) is 13.6. The molecule has 0 unspecified atom stereocenters. The van der Waals surface area contributed by atoms with Gasteiger partial charge in [0.05, 0.1) is 0 Å². The number of ether oxygens (including phenoxy) is 1. The quantitative estimate of drug-likeness (QED) is 0.524. The van der Waals surface area contributed by atoms with Gasteiger partial charge < -0.3 is 9.94 Å². The number of hydrogen-bond donors (Lipinski definition) is 1. The van der Waals surface area contributed by atoms with Gasteiger partial charge in [0.15, 0.2) is 5.71 Å². The molecule has 20 heavy (non-hydrogen) atoms. The Morgan fingerprint density at radius 1 is 1.20 bits per heavy atom. The molecular formula is C16H14N2O2. The zero-order chi connectivity index (χ0) is 14.4. The molecule has 4 nitrogen and oxygen atoms in total. The minimum Gasteiger partial charge on any atom is -0.489 e. The SMILES string of the molecule is Cc1ccc(OCc2ccccc2C(C#N)=NO)cc1. The van der Waals surface area contributed by atoms with Gasteiger partial charge in [-0.1, -0.05) is 47.1 Å². The summed E-state index contributed by atoms with van der Waals surface area (Å²) in [4.78, 5) is 0. The number of oxime groups is 1. The number of rotatable bonds is 4. The van der Waals surface area contributed by atoms with Crippen LogP contribution in [0.2, 0.25) is 0 Å². The Kier molecular flexibility index (Phi) is 4.35. The molecule has 0 bridgehead atoms. The predicted molar refractivity (Wildman–Crippen MR) is 75.9 cm³/mol. The molecule has 0 saturated carbocycles. The average molecular weight is 266 g/mol. The van der Waals surface area contributed by atoms with Crippen molar-refractivity contribution in [3.8, 4) is 11.8 Å². The van der Waals surface area contributed by atoms with E-state index in [2.05, 4.69) is 5.16 Å².